The lowest BCUT2D eigenvalue weighted by Crippen LogP contribution is -3.00. The first-order valence-corrected chi connectivity index (χ1v) is 8.44. The van der Waals surface area contributed by atoms with Crippen molar-refractivity contribution in [3.8, 4) is 0 Å². The van der Waals surface area contributed by atoms with Crippen molar-refractivity contribution in [2.24, 2.45) is 5.73 Å². The molecule has 1 aliphatic rings. The van der Waals surface area contributed by atoms with Gasteiger partial charge in [-0.05, 0) is 25.8 Å². The fourth-order valence-corrected chi connectivity index (χ4v) is 2.76. The Balaban J connectivity index is 0.00000312. The molecule has 0 aromatic carbocycles. The largest absolute Gasteiger partial charge is 1.00 e. The second kappa shape index (κ2) is 11.0. The Hall–Kier alpha value is -1.71. The van der Waals surface area contributed by atoms with Crippen LogP contribution in [0.5, 0.6) is 0 Å². The molecule has 2 heterocycles. The first kappa shape index (κ1) is 21.3. The standard InChI is InChI=1S/C15H26N6O3.ClH/c16-6-2-1-3-13(15(24)20-9-7-17-8-10-20)21-11-12(18-19-21)4-5-14(22)23;/h11,13,17H,1-10,16H2,(H,22,23);1H/p-1. The third-order valence-corrected chi connectivity index (χ3v) is 4.12. The minimum atomic E-state index is -0.874. The highest BCUT2D eigenvalue weighted by Crippen LogP contribution is 2.18. The lowest BCUT2D eigenvalue weighted by molar-refractivity contribution is -0.137. The number of aryl methyl sites for hydroxylation is 1. The molecule has 1 aliphatic heterocycles. The van der Waals surface area contributed by atoms with Crippen molar-refractivity contribution in [3.05, 3.63) is 11.9 Å². The SMILES string of the molecule is NCCCCC(C(=O)N1CCNCC1)n1cc(CCC(=O)O)nn1.[Cl-]. The molecule has 1 aromatic heterocycles. The van der Waals surface area contributed by atoms with E-state index in [0.29, 0.717) is 38.2 Å². The maximum Gasteiger partial charge on any atom is 0.303 e. The Labute approximate surface area is 153 Å². The second-order valence-electron chi connectivity index (χ2n) is 5.96. The summed E-state index contributed by atoms with van der Waals surface area (Å²) in [4.78, 5) is 25.4. The van der Waals surface area contributed by atoms with Gasteiger partial charge in [0.2, 0.25) is 5.91 Å². The molecular formula is C15H26ClN6O3-. The maximum atomic E-state index is 12.9. The van der Waals surface area contributed by atoms with Crippen molar-refractivity contribution >= 4 is 11.9 Å². The van der Waals surface area contributed by atoms with Gasteiger partial charge in [-0.3, -0.25) is 9.59 Å². The van der Waals surface area contributed by atoms with E-state index in [2.05, 4.69) is 15.6 Å². The predicted octanol–water partition coefficient (Wildman–Crippen LogP) is -3.60. The van der Waals surface area contributed by atoms with Gasteiger partial charge in [0, 0.05) is 38.8 Å². The highest BCUT2D eigenvalue weighted by atomic mass is 35.5. The van der Waals surface area contributed by atoms with Crippen LogP contribution in [0.3, 0.4) is 0 Å². The lowest BCUT2D eigenvalue weighted by atomic mass is 10.1. The van der Waals surface area contributed by atoms with E-state index in [-0.39, 0.29) is 24.7 Å². The molecule has 0 spiro atoms. The van der Waals surface area contributed by atoms with Gasteiger partial charge in [-0.15, -0.1) is 5.10 Å². The number of unbranched alkanes of at least 4 members (excludes halogenated alkanes) is 1. The van der Waals surface area contributed by atoms with Gasteiger partial charge in [0.1, 0.15) is 6.04 Å². The average Bonchev–Trinajstić information content (AvgIpc) is 3.06. The topological polar surface area (TPSA) is 126 Å². The van der Waals surface area contributed by atoms with Crippen LogP contribution in [0, 0.1) is 0 Å². The van der Waals surface area contributed by atoms with Gasteiger partial charge in [-0.25, -0.2) is 4.68 Å². The molecule has 2 rings (SSSR count). The van der Waals surface area contributed by atoms with Crippen molar-refractivity contribution in [1.29, 1.82) is 0 Å². The fraction of sp³-hybridized carbons (Fsp3) is 0.733. The van der Waals surface area contributed by atoms with E-state index in [4.69, 9.17) is 10.8 Å². The van der Waals surface area contributed by atoms with Crippen LogP contribution >= 0.6 is 0 Å². The Morgan fingerprint density at radius 3 is 2.68 bits per heavy atom. The minimum absolute atomic E-state index is 0. The summed E-state index contributed by atoms with van der Waals surface area (Å²) in [5.41, 5.74) is 6.14. The molecule has 25 heavy (non-hydrogen) atoms. The summed E-state index contributed by atoms with van der Waals surface area (Å²) in [5.74, 6) is -0.829. The number of carboxylic acids is 1. The molecule has 4 N–H and O–H groups in total. The molecule has 1 aromatic rings. The minimum Gasteiger partial charge on any atom is -1.00 e. The van der Waals surface area contributed by atoms with Crippen LogP contribution in [0.1, 0.15) is 37.4 Å². The number of carbonyl (C=O) groups excluding carboxylic acids is 1. The number of carboxylic acid groups (broad SMARTS) is 1. The molecule has 1 fully saturated rings. The first-order chi connectivity index (χ1) is 11.6. The van der Waals surface area contributed by atoms with Gasteiger partial charge in [-0.1, -0.05) is 5.21 Å². The number of amides is 1. The van der Waals surface area contributed by atoms with Crippen molar-refractivity contribution in [2.75, 3.05) is 32.7 Å². The van der Waals surface area contributed by atoms with Gasteiger partial charge < -0.3 is 33.5 Å². The zero-order chi connectivity index (χ0) is 17.4. The third kappa shape index (κ3) is 6.60. The molecule has 9 nitrogen and oxygen atoms in total. The molecule has 1 amide bonds. The van der Waals surface area contributed by atoms with Gasteiger partial charge >= 0.3 is 5.97 Å². The zero-order valence-electron chi connectivity index (χ0n) is 14.2. The number of nitrogens with one attached hydrogen (secondary N) is 1. The Morgan fingerprint density at radius 2 is 2.04 bits per heavy atom. The number of carbonyl (C=O) groups is 2. The number of nitrogens with two attached hydrogens (primary N) is 1. The molecule has 0 bridgehead atoms. The van der Waals surface area contributed by atoms with Crippen molar-refractivity contribution in [2.45, 2.75) is 38.1 Å². The maximum absolute atomic E-state index is 12.9. The Morgan fingerprint density at radius 1 is 1.32 bits per heavy atom. The van der Waals surface area contributed by atoms with Gasteiger partial charge in [0.05, 0.1) is 12.1 Å². The van der Waals surface area contributed by atoms with Crippen molar-refractivity contribution in [3.63, 3.8) is 0 Å². The van der Waals surface area contributed by atoms with Gasteiger partial charge in [0.25, 0.3) is 0 Å². The molecular weight excluding hydrogens is 348 g/mol. The summed E-state index contributed by atoms with van der Waals surface area (Å²) < 4.78 is 1.58. The predicted molar refractivity (Wildman–Crippen MR) is 87.4 cm³/mol. The average molecular weight is 374 g/mol. The number of halogens is 1. The van der Waals surface area contributed by atoms with E-state index in [0.717, 1.165) is 25.9 Å². The second-order valence-corrected chi connectivity index (χ2v) is 5.96. The van der Waals surface area contributed by atoms with Crippen molar-refractivity contribution < 1.29 is 27.1 Å². The number of piperazine rings is 1. The lowest BCUT2D eigenvalue weighted by Gasteiger charge is -2.30. The summed E-state index contributed by atoms with van der Waals surface area (Å²) in [7, 11) is 0. The molecule has 0 aliphatic carbocycles. The zero-order valence-corrected chi connectivity index (χ0v) is 15.0. The quantitative estimate of drug-likeness (QED) is 0.382. The van der Waals surface area contributed by atoms with Crippen LogP contribution in [0.4, 0.5) is 0 Å². The fourth-order valence-electron chi connectivity index (χ4n) is 2.76. The van der Waals surface area contributed by atoms with Crippen LogP contribution < -0.4 is 23.5 Å². The van der Waals surface area contributed by atoms with Crippen LogP contribution in [0.15, 0.2) is 6.20 Å². The molecule has 1 atom stereocenters. The monoisotopic (exact) mass is 373 g/mol. The number of hydrogen-bond donors (Lipinski definition) is 3. The molecule has 1 unspecified atom stereocenters. The summed E-state index contributed by atoms with van der Waals surface area (Å²) >= 11 is 0. The highest BCUT2D eigenvalue weighted by Gasteiger charge is 2.27. The summed E-state index contributed by atoms with van der Waals surface area (Å²) in [5, 5.41) is 20.1. The summed E-state index contributed by atoms with van der Waals surface area (Å²) in [6.07, 6.45) is 4.35. The smallest absolute Gasteiger partial charge is 0.303 e. The number of nitrogens with zero attached hydrogens (tertiary/aromatic N) is 4. The Kier molecular flexibility index (Phi) is 9.40. The highest BCUT2D eigenvalue weighted by molar-refractivity contribution is 5.80. The first-order valence-electron chi connectivity index (χ1n) is 8.44. The number of aromatic nitrogens is 3. The van der Waals surface area contributed by atoms with E-state index in [1.165, 1.54) is 0 Å². The Bertz CT molecular complexity index is 547. The molecule has 0 saturated carbocycles. The van der Waals surface area contributed by atoms with Crippen LogP contribution in [0.2, 0.25) is 0 Å². The number of rotatable bonds is 9. The van der Waals surface area contributed by atoms with Crippen LogP contribution in [0.25, 0.3) is 0 Å². The molecule has 1 saturated heterocycles. The van der Waals surface area contributed by atoms with E-state index < -0.39 is 12.0 Å². The molecule has 0 radical (unpaired) electrons. The van der Waals surface area contributed by atoms with E-state index in [9.17, 15) is 9.59 Å². The van der Waals surface area contributed by atoms with E-state index in [1.807, 2.05) is 4.90 Å². The van der Waals surface area contributed by atoms with Crippen LogP contribution in [-0.2, 0) is 16.0 Å². The number of aliphatic carboxylic acids is 1. The molecule has 10 heteroatoms. The summed E-state index contributed by atoms with van der Waals surface area (Å²) in [6.45, 7) is 3.56. The van der Waals surface area contributed by atoms with E-state index in [1.54, 1.807) is 10.9 Å². The van der Waals surface area contributed by atoms with Crippen molar-refractivity contribution in [1.82, 2.24) is 25.2 Å². The van der Waals surface area contributed by atoms with Crippen LogP contribution in [-0.4, -0.2) is 69.6 Å². The van der Waals surface area contributed by atoms with E-state index >= 15 is 0 Å². The molecule has 142 valence electrons. The van der Waals surface area contributed by atoms with Gasteiger partial charge in [-0.2, -0.15) is 0 Å². The van der Waals surface area contributed by atoms with Gasteiger partial charge in [0.15, 0.2) is 0 Å². The third-order valence-electron chi connectivity index (χ3n) is 4.12. The number of hydrogen-bond acceptors (Lipinski definition) is 6. The summed E-state index contributed by atoms with van der Waals surface area (Å²) in [6, 6.07) is -0.402. The normalized spacial score (nSPS) is 15.5.